The summed E-state index contributed by atoms with van der Waals surface area (Å²) >= 11 is 0. The zero-order chi connectivity index (χ0) is 20.4. The van der Waals surface area contributed by atoms with Gasteiger partial charge in [0.25, 0.3) is 5.56 Å². The Hall–Kier alpha value is -3.20. The third-order valence-electron chi connectivity index (χ3n) is 5.29. The van der Waals surface area contributed by atoms with E-state index in [9.17, 15) is 9.59 Å². The fraction of sp³-hybridized carbons (Fsp3) is 0.400. The minimum Gasteiger partial charge on any atom is -0.495 e. The number of aromatic amines is 1. The summed E-state index contributed by atoms with van der Waals surface area (Å²) in [6.45, 7) is 6.08. The van der Waals surface area contributed by atoms with Crippen LogP contribution in [-0.2, 0) is 6.54 Å². The zero-order valence-electron chi connectivity index (χ0n) is 16.6. The van der Waals surface area contributed by atoms with Gasteiger partial charge in [-0.1, -0.05) is 12.1 Å². The van der Waals surface area contributed by atoms with Gasteiger partial charge in [0.15, 0.2) is 5.65 Å². The number of methoxy groups -OCH3 is 1. The topological polar surface area (TPSA) is 96.3 Å². The molecule has 3 aromatic rings. The third kappa shape index (κ3) is 3.86. The van der Waals surface area contributed by atoms with Gasteiger partial charge < -0.3 is 9.64 Å². The van der Waals surface area contributed by atoms with E-state index in [4.69, 9.17) is 4.74 Å². The molecule has 29 heavy (non-hydrogen) atoms. The van der Waals surface area contributed by atoms with Crippen molar-refractivity contribution in [1.82, 2.24) is 24.4 Å². The van der Waals surface area contributed by atoms with Gasteiger partial charge in [-0.2, -0.15) is 0 Å². The Kier molecular flexibility index (Phi) is 5.30. The SMILES string of the molecule is COc1ccccc1N1CCN(CCn2c(=O)[nH]c3nc(C)ncc3c2=O)CC1. The van der Waals surface area contributed by atoms with E-state index in [0.29, 0.717) is 24.3 Å². The number of nitrogens with zero attached hydrogens (tertiary/aromatic N) is 5. The predicted molar refractivity (Wildman–Crippen MR) is 111 cm³/mol. The number of aryl methyl sites for hydroxylation is 1. The standard InChI is InChI=1S/C20H24N6O3/c1-14-21-13-15-18(22-14)23-20(28)26(19(15)27)12-9-24-7-10-25(11-8-24)16-5-3-4-6-17(16)29-2/h3-6,13H,7-12H2,1-2H3,(H,21,22,23,28). The first-order valence-electron chi connectivity index (χ1n) is 9.63. The summed E-state index contributed by atoms with van der Waals surface area (Å²) in [5.74, 6) is 1.38. The van der Waals surface area contributed by atoms with Crippen LogP contribution in [0, 0.1) is 6.92 Å². The Morgan fingerprint density at radius 2 is 1.86 bits per heavy atom. The number of aromatic nitrogens is 4. The fourth-order valence-electron chi connectivity index (χ4n) is 3.68. The lowest BCUT2D eigenvalue weighted by Crippen LogP contribution is -2.48. The maximum absolute atomic E-state index is 12.7. The van der Waals surface area contributed by atoms with Crippen molar-refractivity contribution in [2.24, 2.45) is 0 Å². The number of fused-ring (bicyclic) bond motifs is 1. The normalized spacial score (nSPS) is 15.0. The molecule has 2 aromatic heterocycles. The van der Waals surface area contributed by atoms with Crippen LogP contribution < -0.4 is 20.9 Å². The van der Waals surface area contributed by atoms with Gasteiger partial charge in [0, 0.05) is 45.5 Å². The van der Waals surface area contributed by atoms with Crippen LogP contribution >= 0.6 is 0 Å². The van der Waals surface area contributed by atoms with E-state index in [1.54, 1.807) is 14.0 Å². The molecule has 3 heterocycles. The minimum atomic E-state index is -0.437. The van der Waals surface area contributed by atoms with Gasteiger partial charge in [-0.15, -0.1) is 0 Å². The summed E-state index contributed by atoms with van der Waals surface area (Å²) in [5.41, 5.74) is 0.589. The van der Waals surface area contributed by atoms with E-state index in [-0.39, 0.29) is 11.2 Å². The Balaban J connectivity index is 1.43. The largest absolute Gasteiger partial charge is 0.495 e. The van der Waals surface area contributed by atoms with E-state index in [1.807, 2.05) is 18.2 Å². The molecular formula is C20H24N6O3. The van der Waals surface area contributed by atoms with Crippen molar-refractivity contribution in [1.29, 1.82) is 0 Å². The minimum absolute atomic E-state index is 0.286. The average Bonchev–Trinajstić information content (AvgIpc) is 2.73. The monoisotopic (exact) mass is 396 g/mol. The van der Waals surface area contributed by atoms with Gasteiger partial charge >= 0.3 is 5.69 Å². The van der Waals surface area contributed by atoms with Crippen LogP contribution in [0.25, 0.3) is 11.0 Å². The number of para-hydroxylation sites is 2. The smallest absolute Gasteiger partial charge is 0.330 e. The zero-order valence-corrected chi connectivity index (χ0v) is 16.6. The van der Waals surface area contributed by atoms with Crippen molar-refractivity contribution in [3.63, 3.8) is 0 Å². The molecule has 1 aliphatic heterocycles. The lowest BCUT2D eigenvalue weighted by atomic mass is 10.2. The molecule has 4 rings (SSSR count). The van der Waals surface area contributed by atoms with E-state index >= 15 is 0 Å². The van der Waals surface area contributed by atoms with Gasteiger partial charge in [0.2, 0.25) is 0 Å². The van der Waals surface area contributed by atoms with Crippen LogP contribution in [-0.4, -0.2) is 64.3 Å². The highest BCUT2D eigenvalue weighted by Crippen LogP contribution is 2.28. The van der Waals surface area contributed by atoms with E-state index < -0.39 is 5.69 Å². The number of nitrogens with one attached hydrogen (secondary N) is 1. The quantitative estimate of drug-likeness (QED) is 0.675. The summed E-state index contributed by atoms with van der Waals surface area (Å²) in [7, 11) is 1.68. The Bertz CT molecular complexity index is 1130. The van der Waals surface area contributed by atoms with Crippen LogP contribution in [0.4, 0.5) is 5.69 Å². The van der Waals surface area contributed by atoms with Crippen molar-refractivity contribution >= 4 is 16.7 Å². The molecule has 152 valence electrons. The van der Waals surface area contributed by atoms with Crippen LogP contribution in [0.3, 0.4) is 0 Å². The highest BCUT2D eigenvalue weighted by Gasteiger charge is 2.20. The Morgan fingerprint density at radius 3 is 2.62 bits per heavy atom. The molecule has 1 aliphatic rings. The Labute approximate surface area is 167 Å². The van der Waals surface area contributed by atoms with Crippen LogP contribution in [0.1, 0.15) is 5.82 Å². The maximum Gasteiger partial charge on any atom is 0.330 e. The first-order valence-corrected chi connectivity index (χ1v) is 9.63. The van der Waals surface area contributed by atoms with Crippen LogP contribution in [0.15, 0.2) is 40.1 Å². The molecular weight excluding hydrogens is 372 g/mol. The Morgan fingerprint density at radius 1 is 1.10 bits per heavy atom. The molecule has 1 fully saturated rings. The number of ether oxygens (including phenoxy) is 1. The number of anilines is 1. The molecule has 0 atom stereocenters. The molecule has 9 nitrogen and oxygen atoms in total. The maximum atomic E-state index is 12.7. The second-order valence-corrected chi connectivity index (χ2v) is 7.07. The number of hydrogen-bond acceptors (Lipinski definition) is 7. The van der Waals surface area contributed by atoms with Gasteiger partial charge in [-0.3, -0.25) is 19.2 Å². The number of rotatable bonds is 5. The van der Waals surface area contributed by atoms with Crippen molar-refractivity contribution in [2.75, 3.05) is 44.7 Å². The molecule has 0 aliphatic carbocycles. The molecule has 1 aromatic carbocycles. The van der Waals surface area contributed by atoms with Crippen molar-refractivity contribution < 1.29 is 4.74 Å². The van der Waals surface area contributed by atoms with Crippen molar-refractivity contribution in [3.05, 3.63) is 57.1 Å². The molecule has 1 N–H and O–H groups in total. The van der Waals surface area contributed by atoms with E-state index in [0.717, 1.165) is 37.6 Å². The molecule has 1 saturated heterocycles. The summed E-state index contributed by atoms with van der Waals surface area (Å²) in [6, 6.07) is 8.00. The van der Waals surface area contributed by atoms with Crippen LogP contribution in [0.5, 0.6) is 5.75 Å². The molecule has 0 unspecified atom stereocenters. The van der Waals surface area contributed by atoms with Gasteiger partial charge in [-0.25, -0.2) is 14.8 Å². The molecule has 0 radical (unpaired) electrons. The molecule has 9 heteroatoms. The lowest BCUT2D eigenvalue weighted by molar-refractivity contribution is 0.245. The van der Waals surface area contributed by atoms with Crippen molar-refractivity contribution in [3.8, 4) is 5.75 Å². The third-order valence-corrected chi connectivity index (χ3v) is 5.29. The molecule has 0 amide bonds. The van der Waals surface area contributed by atoms with E-state index in [2.05, 4.69) is 30.8 Å². The molecule has 0 bridgehead atoms. The van der Waals surface area contributed by atoms with Gasteiger partial charge in [0.05, 0.1) is 12.8 Å². The fourth-order valence-corrected chi connectivity index (χ4v) is 3.68. The molecule has 0 spiro atoms. The summed E-state index contributed by atoms with van der Waals surface area (Å²) in [6.07, 6.45) is 1.47. The number of benzene rings is 1. The molecule has 0 saturated carbocycles. The van der Waals surface area contributed by atoms with E-state index in [1.165, 1.54) is 10.8 Å². The summed E-state index contributed by atoms with van der Waals surface area (Å²) in [5, 5.41) is 0.330. The second kappa shape index (κ2) is 8.04. The van der Waals surface area contributed by atoms with Crippen molar-refractivity contribution in [2.45, 2.75) is 13.5 Å². The summed E-state index contributed by atoms with van der Waals surface area (Å²) in [4.78, 5) is 40.5. The predicted octanol–water partition coefficient (Wildman–Crippen LogP) is 0.619. The highest BCUT2D eigenvalue weighted by molar-refractivity contribution is 5.71. The summed E-state index contributed by atoms with van der Waals surface area (Å²) < 4.78 is 6.69. The highest BCUT2D eigenvalue weighted by atomic mass is 16.5. The first-order chi connectivity index (χ1) is 14.1. The number of H-pyrrole nitrogens is 1. The van der Waals surface area contributed by atoms with Gasteiger partial charge in [-0.05, 0) is 19.1 Å². The lowest BCUT2D eigenvalue weighted by Gasteiger charge is -2.36. The second-order valence-electron chi connectivity index (χ2n) is 7.07. The number of piperazine rings is 1. The van der Waals surface area contributed by atoms with Crippen LogP contribution in [0.2, 0.25) is 0 Å². The first kappa shape index (κ1) is 19.1. The average molecular weight is 396 g/mol. The number of hydrogen-bond donors (Lipinski definition) is 1. The van der Waals surface area contributed by atoms with Gasteiger partial charge in [0.1, 0.15) is 17.0 Å².